The number of rotatable bonds is 1. The molecule has 88 valence electrons. The normalized spacial score (nSPS) is 10.6. The molecule has 0 heterocycles. The summed E-state index contributed by atoms with van der Waals surface area (Å²) in [5.74, 6) is 0. The molecule has 0 aliphatic heterocycles. The van der Waals surface area contributed by atoms with Crippen LogP contribution in [0.4, 0.5) is 0 Å². The fraction of sp³-hybridized carbons (Fsp3) is 0.250. The summed E-state index contributed by atoms with van der Waals surface area (Å²) in [5.41, 5.74) is 8.18. The van der Waals surface area contributed by atoms with Crippen LogP contribution < -0.4 is 0 Å². The second-order valence-electron chi connectivity index (χ2n) is 4.71. The summed E-state index contributed by atoms with van der Waals surface area (Å²) >= 11 is 2.45. The van der Waals surface area contributed by atoms with Crippen molar-refractivity contribution in [2.24, 2.45) is 0 Å². The van der Waals surface area contributed by atoms with Crippen LogP contribution in [-0.4, -0.2) is 0 Å². The zero-order valence-corrected chi connectivity index (χ0v) is 12.9. The number of halogens is 1. The minimum Gasteiger partial charge on any atom is -0.0613 e. The molecule has 0 saturated carbocycles. The highest BCUT2D eigenvalue weighted by molar-refractivity contribution is 14.1. The highest BCUT2D eigenvalue weighted by atomic mass is 127. The second kappa shape index (κ2) is 4.81. The predicted octanol–water partition coefficient (Wildman–Crippen LogP) is 5.19. The zero-order valence-electron chi connectivity index (χ0n) is 10.8. The quantitative estimate of drug-likeness (QED) is 0.629. The van der Waals surface area contributed by atoms with E-state index in [1.807, 2.05) is 0 Å². The van der Waals surface area contributed by atoms with E-state index in [2.05, 4.69) is 80.6 Å². The summed E-state index contributed by atoms with van der Waals surface area (Å²) in [6.07, 6.45) is 0. The first-order chi connectivity index (χ1) is 8.00. The molecule has 0 saturated heterocycles. The first-order valence-electron chi connectivity index (χ1n) is 5.84. The van der Waals surface area contributed by atoms with Crippen LogP contribution >= 0.6 is 22.6 Å². The molecule has 0 aliphatic carbocycles. The maximum Gasteiger partial charge on any atom is 0.0238 e. The van der Waals surface area contributed by atoms with Crippen molar-refractivity contribution in [3.63, 3.8) is 0 Å². The highest BCUT2D eigenvalue weighted by Crippen LogP contribution is 2.33. The lowest BCUT2D eigenvalue weighted by molar-refractivity contribution is 1.31. The van der Waals surface area contributed by atoms with E-state index in [1.54, 1.807) is 0 Å². The van der Waals surface area contributed by atoms with Gasteiger partial charge in [0.1, 0.15) is 0 Å². The van der Waals surface area contributed by atoms with Crippen LogP contribution in [0.25, 0.3) is 11.1 Å². The largest absolute Gasteiger partial charge is 0.0613 e. The SMILES string of the molecule is Cc1cc(C)c(-c2cccc(C)c2I)c(C)c1. The van der Waals surface area contributed by atoms with Crippen LogP contribution in [0, 0.1) is 31.3 Å². The summed E-state index contributed by atoms with van der Waals surface area (Å²) in [6.45, 7) is 8.73. The van der Waals surface area contributed by atoms with Gasteiger partial charge in [0.25, 0.3) is 0 Å². The van der Waals surface area contributed by atoms with Crippen molar-refractivity contribution in [1.82, 2.24) is 0 Å². The summed E-state index contributed by atoms with van der Waals surface area (Å²) < 4.78 is 1.36. The number of hydrogen-bond acceptors (Lipinski definition) is 0. The Kier molecular flexibility index (Phi) is 3.57. The van der Waals surface area contributed by atoms with Crippen LogP contribution in [0.15, 0.2) is 30.3 Å². The van der Waals surface area contributed by atoms with E-state index in [0.717, 1.165) is 0 Å². The Morgan fingerprint density at radius 1 is 0.824 bits per heavy atom. The van der Waals surface area contributed by atoms with Gasteiger partial charge in [-0.1, -0.05) is 35.9 Å². The Labute approximate surface area is 117 Å². The predicted molar refractivity (Wildman–Crippen MR) is 83.5 cm³/mol. The van der Waals surface area contributed by atoms with Crippen LogP contribution in [0.3, 0.4) is 0 Å². The first-order valence-corrected chi connectivity index (χ1v) is 6.92. The molecule has 0 amide bonds. The monoisotopic (exact) mass is 336 g/mol. The van der Waals surface area contributed by atoms with Crippen molar-refractivity contribution in [3.05, 3.63) is 56.2 Å². The van der Waals surface area contributed by atoms with Gasteiger partial charge in [-0.15, -0.1) is 0 Å². The molecule has 0 aliphatic rings. The van der Waals surface area contributed by atoms with Crippen molar-refractivity contribution >= 4 is 22.6 Å². The van der Waals surface area contributed by atoms with Gasteiger partial charge >= 0.3 is 0 Å². The lowest BCUT2D eigenvalue weighted by atomic mass is 9.93. The minimum atomic E-state index is 1.34. The van der Waals surface area contributed by atoms with Crippen molar-refractivity contribution in [1.29, 1.82) is 0 Å². The van der Waals surface area contributed by atoms with Crippen molar-refractivity contribution in [2.45, 2.75) is 27.7 Å². The van der Waals surface area contributed by atoms with Gasteiger partial charge in [0.15, 0.2) is 0 Å². The molecule has 2 aromatic carbocycles. The molecule has 0 aromatic heterocycles. The maximum absolute atomic E-state index is 2.45. The first kappa shape index (κ1) is 12.6. The Morgan fingerprint density at radius 3 is 2.00 bits per heavy atom. The number of hydrogen-bond donors (Lipinski definition) is 0. The standard InChI is InChI=1S/C16H17I/c1-10-8-12(3)15(13(4)9-10)14-7-5-6-11(2)16(14)17/h5-9H,1-4H3. The van der Waals surface area contributed by atoms with E-state index in [1.165, 1.54) is 37.0 Å². The summed E-state index contributed by atoms with van der Waals surface area (Å²) in [6, 6.07) is 11.1. The lowest BCUT2D eigenvalue weighted by Gasteiger charge is -2.14. The van der Waals surface area contributed by atoms with Crippen LogP contribution in [-0.2, 0) is 0 Å². The molecule has 0 N–H and O–H groups in total. The van der Waals surface area contributed by atoms with Crippen LogP contribution in [0.1, 0.15) is 22.3 Å². The Morgan fingerprint density at radius 2 is 1.41 bits per heavy atom. The van der Waals surface area contributed by atoms with Crippen LogP contribution in [0.2, 0.25) is 0 Å². The Bertz CT molecular complexity index is 545. The molecule has 0 bridgehead atoms. The zero-order chi connectivity index (χ0) is 12.6. The van der Waals surface area contributed by atoms with Crippen LogP contribution in [0.5, 0.6) is 0 Å². The van der Waals surface area contributed by atoms with Gasteiger partial charge in [-0.25, -0.2) is 0 Å². The molecular weight excluding hydrogens is 319 g/mol. The third kappa shape index (κ3) is 2.39. The molecule has 0 spiro atoms. The topological polar surface area (TPSA) is 0 Å². The fourth-order valence-electron chi connectivity index (χ4n) is 2.45. The molecule has 0 unspecified atom stereocenters. The van der Waals surface area contributed by atoms with E-state index in [4.69, 9.17) is 0 Å². The number of benzene rings is 2. The lowest BCUT2D eigenvalue weighted by Crippen LogP contribution is -1.93. The third-order valence-corrected chi connectivity index (χ3v) is 4.57. The Balaban J connectivity index is 2.73. The van der Waals surface area contributed by atoms with Crippen molar-refractivity contribution < 1.29 is 0 Å². The van der Waals surface area contributed by atoms with E-state index in [0.29, 0.717) is 0 Å². The summed E-state index contributed by atoms with van der Waals surface area (Å²) in [7, 11) is 0. The molecule has 0 atom stereocenters. The minimum absolute atomic E-state index is 1.34. The molecular formula is C16H17I. The second-order valence-corrected chi connectivity index (χ2v) is 5.79. The molecule has 1 heteroatoms. The van der Waals surface area contributed by atoms with Crippen molar-refractivity contribution in [2.75, 3.05) is 0 Å². The molecule has 17 heavy (non-hydrogen) atoms. The van der Waals surface area contributed by atoms with E-state index in [9.17, 15) is 0 Å². The van der Waals surface area contributed by atoms with Gasteiger partial charge < -0.3 is 0 Å². The van der Waals surface area contributed by atoms with Gasteiger partial charge in [0.05, 0.1) is 0 Å². The Hall–Kier alpha value is -0.830. The summed E-state index contributed by atoms with van der Waals surface area (Å²) in [5, 5.41) is 0. The van der Waals surface area contributed by atoms with Crippen molar-refractivity contribution in [3.8, 4) is 11.1 Å². The van der Waals surface area contributed by atoms with Gasteiger partial charge in [-0.05, 0) is 78.1 Å². The highest BCUT2D eigenvalue weighted by Gasteiger charge is 2.10. The van der Waals surface area contributed by atoms with Gasteiger partial charge in [-0.2, -0.15) is 0 Å². The molecule has 2 aromatic rings. The number of aryl methyl sites for hydroxylation is 4. The molecule has 0 fully saturated rings. The summed E-state index contributed by atoms with van der Waals surface area (Å²) in [4.78, 5) is 0. The third-order valence-electron chi connectivity index (χ3n) is 3.14. The van der Waals surface area contributed by atoms with E-state index in [-0.39, 0.29) is 0 Å². The maximum atomic E-state index is 2.45. The van der Waals surface area contributed by atoms with Gasteiger partial charge in [0.2, 0.25) is 0 Å². The van der Waals surface area contributed by atoms with Gasteiger partial charge in [-0.3, -0.25) is 0 Å². The molecule has 0 radical (unpaired) electrons. The average molecular weight is 336 g/mol. The fourth-order valence-corrected chi connectivity index (χ4v) is 3.07. The van der Waals surface area contributed by atoms with Gasteiger partial charge in [0, 0.05) is 3.57 Å². The van der Waals surface area contributed by atoms with E-state index < -0.39 is 0 Å². The molecule has 0 nitrogen and oxygen atoms in total. The molecule has 2 rings (SSSR count). The smallest absolute Gasteiger partial charge is 0.0238 e. The van der Waals surface area contributed by atoms with E-state index >= 15 is 0 Å². The average Bonchev–Trinajstić information content (AvgIpc) is 2.23.